The molecule has 0 unspecified atom stereocenters. The number of nitrogens with two attached hydrogens (primary N) is 1. The van der Waals surface area contributed by atoms with Gasteiger partial charge in [-0.25, -0.2) is 4.39 Å². The number of hydrogen-bond donors (Lipinski definition) is 1. The molecule has 1 heterocycles. The molecule has 0 atom stereocenters. The van der Waals surface area contributed by atoms with Crippen LogP contribution in [0.5, 0.6) is 0 Å². The Balaban J connectivity index is 2.22. The minimum Gasteiger partial charge on any atom is -0.389 e. The molecule has 1 aromatic rings. The molecule has 2 nitrogen and oxygen atoms in total. The predicted molar refractivity (Wildman–Crippen MR) is 66.8 cm³/mol. The summed E-state index contributed by atoms with van der Waals surface area (Å²) in [4.78, 5) is 2.64. The number of benzene rings is 1. The number of likely N-dealkylation sites (tertiary alicyclic amines) is 1. The van der Waals surface area contributed by atoms with Gasteiger partial charge in [0, 0.05) is 12.1 Å². The molecule has 1 aromatic carbocycles. The second-order valence-electron chi connectivity index (χ2n) is 4.15. The van der Waals surface area contributed by atoms with Gasteiger partial charge in [-0.05, 0) is 49.7 Å². The normalized spacial score (nSPS) is 16.6. The topological polar surface area (TPSA) is 29.3 Å². The van der Waals surface area contributed by atoms with E-state index in [1.165, 1.54) is 25.0 Å². The van der Waals surface area contributed by atoms with E-state index in [0.717, 1.165) is 30.8 Å². The summed E-state index contributed by atoms with van der Waals surface area (Å²) in [7, 11) is 0. The fourth-order valence-corrected chi connectivity index (χ4v) is 2.31. The van der Waals surface area contributed by atoms with Crippen molar-refractivity contribution in [3.8, 4) is 0 Å². The van der Waals surface area contributed by atoms with Gasteiger partial charge in [0.05, 0.1) is 0 Å². The zero-order chi connectivity index (χ0) is 11.5. The van der Waals surface area contributed by atoms with Crippen LogP contribution in [0.15, 0.2) is 18.2 Å². The van der Waals surface area contributed by atoms with E-state index in [1.54, 1.807) is 6.07 Å². The zero-order valence-corrected chi connectivity index (χ0v) is 9.89. The molecular formula is C12H15FN2S. The molecule has 0 aliphatic carbocycles. The van der Waals surface area contributed by atoms with Gasteiger partial charge in [-0.1, -0.05) is 12.2 Å². The third-order valence-electron chi connectivity index (χ3n) is 2.93. The number of rotatable bonds is 3. The third-order valence-corrected chi connectivity index (χ3v) is 3.15. The van der Waals surface area contributed by atoms with Crippen LogP contribution < -0.4 is 5.73 Å². The zero-order valence-electron chi connectivity index (χ0n) is 9.08. The number of thiocarbonyl (C=S) groups is 1. The predicted octanol–water partition coefficient (Wildman–Crippen LogP) is 2.06. The van der Waals surface area contributed by atoms with Crippen molar-refractivity contribution in [1.82, 2.24) is 4.90 Å². The van der Waals surface area contributed by atoms with E-state index in [9.17, 15) is 4.39 Å². The highest BCUT2D eigenvalue weighted by Crippen LogP contribution is 2.17. The van der Waals surface area contributed by atoms with Crippen LogP contribution in [0, 0.1) is 5.82 Å². The average molecular weight is 238 g/mol. The highest BCUT2D eigenvalue weighted by molar-refractivity contribution is 7.80. The standard InChI is InChI=1S/C12H15FN2S/c13-10-3-4-11(12(14)16)9(7-10)8-15-5-1-2-6-15/h3-4,7H,1-2,5-6,8H2,(H2,14,16). The van der Waals surface area contributed by atoms with Gasteiger partial charge >= 0.3 is 0 Å². The van der Waals surface area contributed by atoms with Gasteiger partial charge < -0.3 is 5.73 Å². The maximum absolute atomic E-state index is 13.2. The summed E-state index contributed by atoms with van der Waals surface area (Å²) in [6.45, 7) is 2.89. The molecule has 0 aromatic heterocycles. The monoisotopic (exact) mass is 238 g/mol. The first-order valence-corrected chi connectivity index (χ1v) is 5.88. The Morgan fingerprint density at radius 2 is 2.06 bits per heavy atom. The molecule has 2 N–H and O–H groups in total. The van der Waals surface area contributed by atoms with E-state index in [4.69, 9.17) is 18.0 Å². The summed E-state index contributed by atoms with van der Waals surface area (Å²) in [5.41, 5.74) is 7.32. The van der Waals surface area contributed by atoms with Crippen LogP contribution in [-0.4, -0.2) is 23.0 Å². The third kappa shape index (κ3) is 2.57. The Morgan fingerprint density at radius 1 is 1.38 bits per heavy atom. The quantitative estimate of drug-likeness (QED) is 0.817. The van der Waals surface area contributed by atoms with Crippen LogP contribution in [0.3, 0.4) is 0 Å². The Labute approximate surface area is 100 Å². The summed E-state index contributed by atoms with van der Waals surface area (Å²) in [5, 5.41) is 0. The first-order valence-electron chi connectivity index (χ1n) is 5.47. The highest BCUT2D eigenvalue weighted by Gasteiger charge is 2.15. The van der Waals surface area contributed by atoms with Gasteiger partial charge in [0.1, 0.15) is 10.8 Å². The fourth-order valence-electron chi connectivity index (χ4n) is 2.12. The van der Waals surface area contributed by atoms with Crippen molar-refractivity contribution in [2.24, 2.45) is 5.73 Å². The first kappa shape index (κ1) is 11.5. The Morgan fingerprint density at radius 3 is 2.69 bits per heavy atom. The van der Waals surface area contributed by atoms with Crippen LogP contribution in [-0.2, 0) is 6.54 Å². The van der Waals surface area contributed by atoms with Crippen LogP contribution >= 0.6 is 12.2 Å². The van der Waals surface area contributed by atoms with Gasteiger partial charge in [0.25, 0.3) is 0 Å². The van der Waals surface area contributed by atoms with Crippen molar-refractivity contribution in [3.63, 3.8) is 0 Å². The van der Waals surface area contributed by atoms with E-state index in [0.29, 0.717) is 4.99 Å². The van der Waals surface area contributed by atoms with E-state index >= 15 is 0 Å². The maximum Gasteiger partial charge on any atom is 0.123 e. The van der Waals surface area contributed by atoms with Crippen molar-refractivity contribution in [2.75, 3.05) is 13.1 Å². The smallest absolute Gasteiger partial charge is 0.123 e. The summed E-state index contributed by atoms with van der Waals surface area (Å²) in [6.07, 6.45) is 2.44. The van der Waals surface area contributed by atoms with Gasteiger partial charge in [0.2, 0.25) is 0 Å². The number of halogens is 1. The summed E-state index contributed by atoms with van der Waals surface area (Å²) < 4.78 is 13.2. The molecular weight excluding hydrogens is 223 g/mol. The van der Waals surface area contributed by atoms with Crippen LogP contribution in [0.2, 0.25) is 0 Å². The number of nitrogens with zero attached hydrogens (tertiary/aromatic N) is 1. The minimum atomic E-state index is -0.228. The summed E-state index contributed by atoms with van der Waals surface area (Å²) >= 11 is 4.97. The molecule has 0 saturated carbocycles. The molecule has 0 spiro atoms. The molecule has 16 heavy (non-hydrogen) atoms. The highest BCUT2D eigenvalue weighted by atomic mass is 32.1. The lowest BCUT2D eigenvalue weighted by Crippen LogP contribution is -2.21. The molecule has 86 valence electrons. The molecule has 0 amide bonds. The van der Waals surface area contributed by atoms with Gasteiger partial charge in [-0.3, -0.25) is 4.90 Å². The van der Waals surface area contributed by atoms with Crippen molar-refractivity contribution in [3.05, 3.63) is 35.1 Å². The molecule has 2 rings (SSSR count). The van der Waals surface area contributed by atoms with Gasteiger partial charge in [0.15, 0.2) is 0 Å². The molecule has 1 aliphatic heterocycles. The fraction of sp³-hybridized carbons (Fsp3) is 0.417. The number of hydrogen-bond acceptors (Lipinski definition) is 2. The average Bonchev–Trinajstić information content (AvgIpc) is 2.70. The summed E-state index contributed by atoms with van der Waals surface area (Å²) in [6, 6.07) is 4.61. The Bertz CT molecular complexity index is 400. The molecule has 0 radical (unpaired) electrons. The summed E-state index contributed by atoms with van der Waals surface area (Å²) in [5.74, 6) is -0.228. The van der Waals surface area contributed by atoms with E-state index in [-0.39, 0.29) is 5.82 Å². The van der Waals surface area contributed by atoms with Crippen LogP contribution in [0.25, 0.3) is 0 Å². The first-order chi connectivity index (χ1) is 7.66. The second kappa shape index (κ2) is 4.89. The van der Waals surface area contributed by atoms with Crippen molar-refractivity contribution >= 4 is 17.2 Å². The second-order valence-corrected chi connectivity index (χ2v) is 4.59. The molecule has 4 heteroatoms. The molecule has 1 aliphatic rings. The lowest BCUT2D eigenvalue weighted by molar-refractivity contribution is 0.330. The van der Waals surface area contributed by atoms with E-state index < -0.39 is 0 Å². The lowest BCUT2D eigenvalue weighted by atomic mass is 10.1. The SMILES string of the molecule is NC(=S)c1ccc(F)cc1CN1CCCC1. The van der Waals surface area contributed by atoms with Crippen molar-refractivity contribution in [1.29, 1.82) is 0 Å². The lowest BCUT2D eigenvalue weighted by Gasteiger charge is -2.17. The molecule has 1 saturated heterocycles. The Kier molecular flexibility index (Phi) is 3.51. The molecule has 0 bridgehead atoms. The maximum atomic E-state index is 13.2. The van der Waals surface area contributed by atoms with E-state index in [1.807, 2.05) is 0 Å². The largest absolute Gasteiger partial charge is 0.389 e. The van der Waals surface area contributed by atoms with Crippen molar-refractivity contribution < 1.29 is 4.39 Å². The Hall–Kier alpha value is -1.00. The van der Waals surface area contributed by atoms with Gasteiger partial charge in [-0.15, -0.1) is 0 Å². The van der Waals surface area contributed by atoms with Gasteiger partial charge in [-0.2, -0.15) is 0 Å². The van der Waals surface area contributed by atoms with Crippen LogP contribution in [0.4, 0.5) is 4.39 Å². The minimum absolute atomic E-state index is 0.228. The van der Waals surface area contributed by atoms with E-state index in [2.05, 4.69) is 4.90 Å². The van der Waals surface area contributed by atoms with Crippen LogP contribution in [0.1, 0.15) is 24.0 Å². The molecule has 1 fully saturated rings. The van der Waals surface area contributed by atoms with Crippen molar-refractivity contribution in [2.45, 2.75) is 19.4 Å².